The molecule has 5 rings (SSSR count). The maximum atomic E-state index is 13.2. The van der Waals surface area contributed by atoms with E-state index < -0.39 is 0 Å². The molecule has 0 saturated carbocycles. The topological polar surface area (TPSA) is 60.9 Å². The van der Waals surface area contributed by atoms with E-state index in [0.717, 1.165) is 26.1 Å². The molecule has 1 aromatic heterocycles. The lowest BCUT2D eigenvalue weighted by Gasteiger charge is -2.34. The molecule has 0 atom stereocenters. The molecule has 1 fully saturated rings. The van der Waals surface area contributed by atoms with Gasteiger partial charge in [0.25, 0.3) is 11.8 Å². The number of piperazine rings is 1. The zero-order valence-electron chi connectivity index (χ0n) is 18.1. The first kappa shape index (κ1) is 21.2. The molecule has 0 bridgehead atoms. The summed E-state index contributed by atoms with van der Waals surface area (Å²) in [6.07, 6.45) is 0.693. The summed E-state index contributed by atoms with van der Waals surface area (Å²) in [7, 11) is 0. The normalized spacial score (nSPS) is 13.9. The second-order valence-electron chi connectivity index (χ2n) is 8.25. The summed E-state index contributed by atoms with van der Waals surface area (Å²) in [6, 6.07) is 25.2. The van der Waals surface area contributed by atoms with Gasteiger partial charge in [-0.25, -0.2) is 0 Å². The fourth-order valence-corrected chi connectivity index (χ4v) is 5.25. The maximum Gasteiger partial charge on any atom is 0.264 e. The van der Waals surface area contributed by atoms with Crippen LogP contribution in [0.1, 0.15) is 31.2 Å². The van der Waals surface area contributed by atoms with Gasteiger partial charge in [-0.1, -0.05) is 54.6 Å². The van der Waals surface area contributed by atoms with Crippen molar-refractivity contribution in [2.75, 3.05) is 26.2 Å². The number of phenolic OH excluding ortho intramolecular Hbond substituents is 1. The number of carbonyl (C=O) groups is 2. The summed E-state index contributed by atoms with van der Waals surface area (Å²) in [4.78, 5) is 30.4. The molecule has 0 spiro atoms. The van der Waals surface area contributed by atoms with Crippen LogP contribution in [0.2, 0.25) is 0 Å². The molecule has 1 aliphatic rings. The molecular formula is C27H24N2O3S. The number of thiophene rings is 1. The van der Waals surface area contributed by atoms with Crippen molar-refractivity contribution in [1.29, 1.82) is 0 Å². The number of fused-ring (bicyclic) bond motifs is 1. The van der Waals surface area contributed by atoms with Crippen LogP contribution < -0.4 is 0 Å². The van der Waals surface area contributed by atoms with E-state index in [-0.39, 0.29) is 17.6 Å². The lowest BCUT2D eigenvalue weighted by atomic mass is 10.0. The van der Waals surface area contributed by atoms with Gasteiger partial charge in [0.05, 0.1) is 10.4 Å². The van der Waals surface area contributed by atoms with Gasteiger partial charge in [0, 0.05) is 30.9 Å². The second kappa shape index (κ2) is 9.08. The predicted molar refractivity (Wildman–Crippen MR) is 131 cm³/mol. The minimum atomic E-state index is -0.198. The van der Waals surface area contributed by atoms with Gasteiger partial charge in [-0.2, -0.15) is 0 Å². The van der Waals surface area contributed by atoms with E-state index in [1.165, 1.54) is 11.3 Å². The van der Waals surface area contributed by atoms with Crippen LogP contribution in [-0.4, -0.2) is 52.9 Å². The minimum absolute atomic E-state index is 0.0102. The van der Waals surface area contributed by atoms with Crippen LogP contribution in [-0.2, 0) is 6.42 Å². The van der Waals surface area contributed by atoms with Crippen LogP contribution in [0.15, 0.2) is 78.9 Å². The zero-order valence-corrected chi connectivity index (χ0v) is 18.9. The summed E-state index contributed by atoms with van der Waals surface area (Å²) in [6.45, 7) is 1.84. The smallest absolute Gasteiger partial charge is 0.264 e. The number of amides is 2. The van der Waals surface area contributed by atoms with Gasteiger partial charge < -0.3 is 14.9 Å². The highest BCUT2D eigenvalue weighted by atomic mass is 32.1. The molecule has 1 saturated heterocycles. The molecule has 5 nitrogen and oxygen atoms in total. The van der Waals surface area contributed by atoms with Crippen LogP contribution >= 0.6 is 11.3 Å². The monoisotopic (exact) mass is 456 g/mol. The first-order valence-corrected chi connectivity index (χ1v) is 11.8. The molecule has 6 heteroatoms. The number of hydrogen-bond donors (Lipinski definition) is 1. The Morgan fingerprint density at radius 2 is 1.42 bits per heavy atom. The van der Waals surface area contributed by atoms with Crippen LogP contribution in [0.5, 0.6) is 5.75 Å². The Labute approximate surface area is 196 Å². The van der Waals surface area contributed by atoms with E-state index in [1.807, 2.05) is 66.7 Å². The van der Waals surface area contributed by atoms with E-state index in [2.05, 4.69) is 0 Å². The van der Waals surface area contributed by atoms with Crippen molar-refractivity contribution in [2.24, 2.45) is 0 Å². The van der Waals surface area contributed by atoms with Crippen LogP contribution in [0.25, 0.3) is 10.1 Å². The molecule has 2 heterocycles. The molecule has 0 unspecified atom stereocenters. The number of carbonyl (C=O) groups excluding carboxylic acids is 2. The summed E-state index contributed by atoms with van der Waals surface area (Å²) in [5.74, 6) is -0.201. The van der Waals surface area contributed by atoms with E-state index >= 15 is 0 Å². The lowest BCUT2D eigenvalue weighted by molar-refractivity contribution is 0.0536. The summed E-state index contributed by atoms with van der Waals surface area (Å²) in [5, 5.41) is 11.4. The number of hydrogen-bond acceptors (Lipinski definition) is 4. The minimum Gasteiger partial charge on any atom is -0.507 e. The van der Waals surface area contributed by atoms with Gasteiger partial charge in [0.2, 0.25) is 0 Å². The second-order valence-corrected chi connectivity index (χ2v) is 9.33. The Morgan fingerprint density at radius 3 is 2.15 bits per heavy atom. The fraction of sp³-hybridized carbons (Fsp3) is 0.185. The number of nitrogens with zero attached hydrogens (tertiary/aromatic N) is 2. The van der Waals surface area contributed by atoms with Crippen molar-refractivity contribution in [3.8, 4) is 5.75 Å². The molecule has 3 aromatic carbocycles. The Morgan fingerprint density at radius 1 is 0.758 bits per heavy atom. The Kier molecular flexibility index (Phi) is 5.84. The standard InChI is InChI=1S/C27H24N2O3S/c30-23-11-10-20(16-19-6-2-1-3-7-19)17-22(23)26(31)28-12-14-29(15-13-28)27(32)25-18-21-8-4-5-9-24(21)33-25/h1-11,17-18,30H,12-16H2. The molecule has 166 valence electrons. The van der Waals surface area contributed by atoms with Crippen molar-refractivity contribution < 1.29 is 14.7 Å². The first-order chi connectivity index (χ1) is 16.1. The number of benzene rings is 3. The average molecular weight is 457 g/mol. The van der Waals surface area contributed by atoms with Gasteiger partial charge >= 0.3 is 0 Å². The van der Waals surface area contributed by atoms with Crippen LogP contribution in [0.4, 0.5) is 0 Å². The molecule has 2 amide bonds. The summed E-state index contributed by atoms with van der Waals surface area (Å²) >= 11 is 1.50. The van der Waals surface area contributed by atoms with Crippen LogP contribution in [0.3, 0.4) is 0 Å². The van der Waals surface area contributed by atoms with Crippen LogP contribution in [0, 0.1) is 0 Å². The largest absolute Gasteiger partial charge is 0.507 e. The van der Waals surface area contributed by atoms with E-state index in [1.54, 1.807) is 21.9 Å². The van der Waals surface area contributed by atoms with Gasteiger partial charge in [-0.15, -0.1) is 11.3 Å². The Bertz CT molecular complexity index is 1270. The Balaban J connectivity index is 1.25. The van der Waals surface area contributed by atoms with E-state index in [0.29, 0.717) is 38.2 Å². The molecule has 1 aliphatic heterocycles. The summed E-state index contributed by atoms with van der Waals surface area (Å²) in [5.41, 5.74) is 2.43. The molecule has 0 radical (unpaired) electrons. The molecule has 0 aliphatic carbocycles. The number of rotatable bonds is 4. The van der Waals surface area contributed by atoms with Crippen molar-refractivity contribution in [3.05, 3.63) is 100 Å². The SMILES string of the molecule is O=C(c1cc2ccccc2s1)N1CCN(C(=O)c2cc(Cc3ccccc3)ccc2O)CC1. The van der Waals surface area contributed by atoms with Crippen molar-refractivity contribution in [3.63, 3.8) is 0 Å². The third-order valence-corrected chi connectivity index (χ3v) is 7.14. The quantitative estimate of drug-likeness (QED) is 0.480. The van der Waals surface area contributed by atoms with Gasteiger partial charge in [-0.05, 0) is 47.2 Å². The fourth-order valence-electron chi connectivity index (χ4n) is 4.22. The zero-order chi connectivity index (χ0) is 22.8. The average Bonchev–Trinajstić information content (AvgIpc) is 3.29. The first-order valence-electron chi connectivity index (χ1n) is 11.0. The van der Waals surface area contributed by atoms with Gasteiger partial charge in [0.1, 0.15) is 5.75 Å². The predicted octanol–water partition coefficient (Wildman–Crippen LogP) is 4.80. The van der Waals surface area contributed by atoms with E-state index in [4.69, 9.17) is 0 Å². The molecule has 4 aromatic rings. The molecule has 1 N–H and O–H groups in total. The number of aromatic hydroxyl groups is 1. The van der Waals surface area contributed by atoms with E-state index in [9.17, 15) is 14.7 Å². The maximum absolute atomic E-state index is 13.2. The highest BCUT2D eigenvalue weighted by Crippen LogP contribution is 2.27. The number of phenols is 1. The highest BCUT2D eigenvalue weighted by Gasteiger charge is 2.27. The van der Waals surface area contributed by atoms with Gasteiger partial charge in [0.15, 0.2) is 0 Å². The molecule has 33 heavy (non-hydrogen) atoms. The summed E-state index contributed by atoms with van der Waals surface area (Å²) < 4.78 is 1.10. The Hall–Kier alpha value is -3.64. The van der Waals surface area contributed by atoms with Crippen molar-refractivity contribution in [1.82, 2.24) is 9.80 Å². The van der Waals surface area contributed by atoms with Crippen molar-refractivity contribution in [2.45, 2.75) is 6.42 Å². The third-order valence-electron chi connectivity index (χ3n) is 6.03. The molecular weight excluding hydrogens is 432 g/mol. The van der Waals surface area contributed by atoms with Gasteiger partial charge in [-0.3, -0.25) is 9.59 Å². The van der Waals surface area contributed by atoms with Crippen molar-refractivity contribution >= 4 is 33.2 Å². The lowest BCUT2D eigenvalue weighted by Crippen LogP contribution is -2.50. The third kappa shape index (κ3) is 4.47. The highest BCUT2D eigenvalue weighted by molar-refractivity contribution is 7.20.